The van der Waals surface area contributed by atoms with E-state index in [1.165, 1.54) is 12.8 Å². The number of rotatable bonds is 3. The van der Waals surface area contributed by atoms with Crippen molar-refractivity contribution in [3.8, 4) is 0 Å². The molecule has 2 fully saturated rings. The van der Waals surface area contributed by atoms with Crippen LogP contribution in [0.3, 0.4) is 0 Å². The number of benzene rings is 1. The Kier molecular flexibility index (Phi) is 4.22. The molecule has 0 aliphatic carbocycles. The van der Waals surface area contributed by atoms with Gasteiger partial charge in [0, 0.05) is 32.2 Å². The van der Waals surface area contributed by atoms with Crippen molar-refractivity contribution in [3.05, 3.63) is 29.6 Å². The van der Waals surface area contributed by atoms with Gasteiger partial charge < -0.3 is 10.2 Å². The molecule has 3 nitrogen and oxygen atoms in total. The van der Waals surface area contributed by atoms with Crippen LogP contribution in [0.1, 0.15) is 31.4 Å². The van der Waals surface area contributed by atoms with Crippen molar-refractivity contribution < 1.29 is 4.39 Å². The van der Waals surface area contributed by atoms with Gasteiger partial charge in [-0.1, -0.05) is 6.07 Å². The van der Waals surface area contributed by atoms with Gasteiger partial charge in [0.1, 0.15) is 5.82 Å². The van der Waals surface area contributed by atoms with Crippen molar-refractivity contribution in [3.63, 3.8) is 0 Å². The first-order valence-corrected chi connectivity index (χ1v) is 7.75. The topological polar surface area (TPSA) is 18.5 Å². The predicted octanol–water partition coefficient (Wildman–Crippen LogP) is 2.39. The van der Waals surface area contributed by atoms with Gasteiger partial charge in [0.05, 0.1) is 5.69 Å². The monoisotopic (exact) mass is 277 g/mol. The van der Waals surface area contributed by atoms with E-state index in [0.29, 0.717) is 6.04 Å². The standard InChI is InChI=1S/C16H24FN3/c1-13(19-8-2-3-9-19)14-4-5-16(15(17)12-14)20-10-6-18-7-11-20/h4-5,12-13,18H,2-3,6-11H2,1H3. The molecule has 2 aliphatic rings. The Hall–Kier alpha value is -1.13. The number of likely N-dealkylation sites (tertiary alicyclic amines) is 1. The fraction of sp³-hybridized carbons (Fsp3) is 0.625. The zero-order chi connectivity index (χ0) is 13.9. The van der Waals surface area contributed by atoms with Gasteiger partial charge in [-0.3, -0.25) is 4.90 Å². The second-order valence-corrected chi connectivity index (χ2v) is 5.87. The molecular formula is C16H24FN3. The molecule has 2 heterocycles. The smallest absolute Gasteiger partial charge is 0.146 e. The molecule has 0 radical (unpaired) electrons. The van der Waals surface area contributed by atoms with E-state index in [2.05, 4.69) is 28.1 Å². The fourth-order valence-corrected chi connectivity index (χ4v) is 3.28. The van der Waals surface area contributed by atoms with Gasteiger partial charge in [0.25, 0.3) is 0 Å². The first-order chi connectivity index (χ1) is 9.75. The van der Waals surface area contributed by atoms with Crippen molar-refractivity contribution in [1.29, 1.82) is 0 Å². The highest BCUT2D eigenvalue weighted by molar-refractivity contribution is 5.50. The van der Waals surface area contributed by atoms with E-state index in [4.69, 9.17) is 0 Å². The molecule has 0 spiro atoms. The summed E-state index contributed by atoms with van der Waals surface area (Å²) >= 11 is 0. The molecular weight excluding hydrogens is 253 g/mol. The zero-order valence-electron chi connectivity index (χ0n) is 12.2. The lowest BCUT2D eigenvalue weighted by Gasteiger charge is -2.30. The Morgan fingerprint density at radius 1 is 1.10 bits per heavy atom. The van der Waals surface area contributed by atoms with Gasteiger partial charge in [-0.2, -0.15) is 0 Å². The van der Waals surface area contributed by atoms with Gasteiger partial charge in [0.15, 0.2) is 0 Å². The summed E-state index contributed by atoms with van der Waals surface area (Å²) in [5.74, 6) is -0.0737. The SMILES string of the molecule is CC(c1ccc(N2CCNCC2)c(F)c1)N1CCCC1. The van der Waals surface area contributed by atoms with Crippen molar-refractivity contribution in [2.75, 3.05) is 44.2 Å². The van der Waals surface area contributed by atoms with Crippen LogP contribution in [0.25, 0.3) is 0 Å². The summed E-state index contributed by atoms with van der Waals surface area (Å²) in [6.45, 7) is 8.11. The zero-order valence-corrected chi connectivity index (χ0v) is 12.2. The third kappa shape index (κ3) is 2.81. The van der Waals surface area contributed by atoms with Crippen LogP contribution in [-0.2, 0) is 0 Å². The quantitative estimate of drug-likeness (QED) is 0.915. The lowest BCUT2D eigenvalue weighted by molar-refractivity contribution is 0.262. The second kappa shape index (κ2) is 6.10. The van der Waals surface area contributed by atoms with E-state index in [1.54, 1.807) is 6.07 Å². The highest BCUT2D eigenvalue weighted by atomic mass is 19.1. The highest BCUT2D eigenvalue weighted by Crippen LogP contribution is 2.28. The Morgan fingerprint density at radius 3 is 2.45 bits per heavy atom. The molecule has 2 saturated heterocycles. The highest BCUT2D eigenvalue weighted by Gasteiger charge is 2.21. The molecule has 1 aromatic rings. The van der Waals surface area contributed by atoms with Crippen LogP contribution in [-0.4, -0.2) is 44.2 Å². The third-order valence-electron chi connectivity index (χ3n) is 4.60. The molecule has 110 valence electrons. The lowest BCUT2D eigenvalue weighted by atomic mass is 10.1. The number of hydrogen-bond acceptors (Lipinski definition) is 3. The van der Waals surface area contributed by atoms with Crippen LogP contribution in [0, 0.1) is 5.82 Å². The summed E-state index contributed by atoms with van der Waals surface area (Å²) in [5.41, 5.74) is 1.85. The number of halogens is 1. The lowest BCUT2D eigenvalue weighted by Crippen LogP contribution is -2.43. The first kappa shape index (κ1) is 13.8. The number of piperazine rings is 1. The third-order valence-corrected chi connectivity index (χ3v) is 4.60. The van der Waals surface area contributed by atoms with Crippen LogP contribution in [0.4, 0.5) is 10.1 Å². The van der Waals surface area contributed by atoms with Crippen LogP contribution >= 0.6 is 0 Å². The number of anilines is 1. The van der Waals surface area contributed by atoms with E-state index in [-0.39, 0.29) is 5.82 Å². The minimum absolute atomic E-state index is 0.0737. The molecule has 1 atom stereocenters. The first-order valence-electron chi connectivity index (χ1n) is 7.75. The van der Waals surface area contributed by atoms with Crippen LogP contribution in [0.15, 0.2) is 18.2 Å². The summed E-state index contributed by atoms with van der Waals surface area (Å²) < 4.78 is 14.4. The minimum Gasteiger partial charge on any atom is -0.367 e. The Labute approximate surface area is 120 Å². The number of nitrogens with zero attached hydrogens (tertiary/aromatic N) is 2. The molecule has 4 heteroatoms. The largest absolute Gasteiger partial charge is 0.367 e. The second-order valence-electron chi connectivity index (χ2n) is 5.87. The van der Waals surface area contributed by atoms with Gasteiger partial charge in [-0.05, 0) is 50.6 Å². The van der Waals surface area contributed by atoms with Crippen molar-refractivity contribution >= 4 is 5.69 Å². The average Bonchev–Trinajstić information content (AvgIpc) is 3.01. The van der Waals surface area contributed by atoms with Crippen LogP contribution in [0.5, 0.6) is 0 Å². The Balaban J connectivity index is 1.75. The summed E-state index contributed by atoms with van der Waals surface area (Å²) in [6.07, 6.45) is 2.54. The summed E-state index contributed by atoms with van der Waals surface area (Å²) in [5, 5.41) is 3.30. The van der Waals surface area contributed by atoms with E-state index in [0.717, 1.165) is 50.5 Å². The van der Waals surface area contributed by atoms with E-state index < -0.39 is 0 Å². The predicted molar refractivity (Wildman–Crippen MR) is 80.7 cm³/mol. The molecule has 0 amide bonds. The molecule has 0 bridgehead atoms. The Bertz CT molecular complexity index is 451. The fourth-order valence-electron chi connectivity index (χ4n) is 3.28. The molecule has 1 N–H and O–H groups in total. The molecule has 0 saturated carbocycles. The molecule has 3 rings (SSSR count). The molecule has 1 unspecified atom stereocenters. The molecule has 0 aromatic heterocycles. The molecule has 1 aromatic carbocycles. The van der Waals surface area contributed by atoms with E-state index in [1.807, 2.05) is 6.07 Å². The normalized spacial score (nSPS) is 22.2. The van der Waals surface area contributed by atoms with E-state index >= 15 is 0 Å². The number of nitrogens with one attached hydrogen (secondary N) is 1. The van der Waals surface area contributed by atoms with Crippen LogP contribution < -0.4 is 10.2 Å². The van der Waals surface area contributed by atoms with Gasteiger partial charge in [0.2, 0.25) is 0 Å². The summed E-state index contributed by atoms with van der Waals surface area (Å²) in [6, 6.07) is 6.12. The van der Waals surface area contributed by atoms with Crippen molar-refractivity contribution in [1.82, 2.24) is 10.2 Å². The number of hydrogen-bond donors (Lipinski definition) is 1. The van der Waals surface area contributed by atoms with Gasteiger partial charge >= 0.3 is 0 Å². The van der Waals surface area contributed by atoms with Crippen molar-refractivity contribution in [2.24, 2.45) is 0 Å². The summed E-state index contributed by atoms with van der Waals surface area (Å²) in [4.78, 5) is 4.58. The maximum atomic E-state index is 14.4. The molecule has 2 aliphatic heterocycles. The maximum Gasteiger partial charge on any atom is 0.146 e. The molecule has 20 heavy (non-hydrogen) atoms. The van der Waals surface area contributed by atoms with Gasteiger partial charge in [-0.15, -0.1) is 0 Å². The summed E-state index contributed by atoms with van der Waals surface area (Å²) in [7, 11) is 0. The van der Waals surface area contributed by atoms with Crippen molar-refractivity contribution in [2.45, 2.75) is 25.8 Å². The van der Waals surface area contributed by atoms with E-state index in [9.17, 15) is 4.39 Å². The van der Waals surface area contributed by atoms with Gasteiger partial charge in [-0.25, -0.2) is 4.39 Å². The Morgan fingerprint density at radius 2 is 1.80 bits per heavy atom. The minimum atomic E-state index is -0.0737. The maximum absolute atomic E-state index is 14.4. The average molecular weight is 277 g/mol. The van der Waals surface area contributed by atoms with Crippen LogP contribution in [0.2, 0.25) is 0 Å².